The zero-order valence-electron chi connectivity index (χ0n) is 10.6. The third-order valence-electron chi connectivity index (χ3n) is 4.20. The van der Waals surface area contributed by atoms with Crippen molar-refractivity contribution in [2.45, 2.75) is 19.3 Å². The van der Waals surface area contributed by atoms with Crippen molar-refractivity contribution in [2.75, 3.05) is 18.4 Å². The van der Waals surface area contributed by atoms with Crippen LogP contribution in [0, 0.1) is 11.3 Å². The molecule has 1 aromatic carbocycles. The van der Waals surface area contributed by atoms with Crippen LogP contribution in [0.3, 0.4) is 0 Å². The molecule has 0 bridgehead atoms. The number of anilines is 1. The summed E-state index contributed by atoms with van der Waals surface area (Å²) < 4.78 is 0. The molecule has 2 N–H and O–H groups in total. The average Bonchev–Trinajstić information content (AvgIpc) is 3.04. The van der Waals surface area contributed by atoms with E-state index in [0.717, 1.165) is 38.0 Å². The van der Waals surface area contributed by atoms with Crippen molar-refractivity contribution in [3.05, 3.63) is 29.3 Å². The minimum Gasteiger partial charge on any atom is -0.326 e. The van der Waals surface area contributed by atoms with Crippen molar-refractivity contribution in [2.24, 2.45) is 11.3 Å². The first-order valence-corrected chi connectivity index (χ1v) is 6.85. The number of carbonyl (C=O) groups is 1. The Bertz CT molecular complexity index is 472. The minimum atomic E-state index is 0. The molecule has 104 valence electrons. The topological polar surface area (TPSA) is 41.1 Å². The molecule has 1 atom stereocenters. The molecule has 1 saturated heterocycles. The quantitative estimate of drug-likeness (QED) is 0.881. The fraction of sp³-hybridized carbons (Fsp3) is 0.500. The molecule has 2 fully saturated rings. The molecule has 1 aromatic rings. The van der Waals surface area contributed by atoms with Crippen LogP contribution in [-0.2, 0) is 4.79 Å². The van der Waals surface area contributed by atoms with Crippen LogP contribution < -0.4 is 10.6 Å². The summed E-state index contributed by atoms with van der Waals surface area (Å²) in [6.45, 7) is 2.09. The van der Waals surface area contributed by atoms with E-state index in [1.165, 1.54) is 0 Å². The molecule has 1 heterocycles. The van der Waals surface area contributed by atoms with Crippen molar-refractivity contribution >= 4 is 35.6 Å². The van der Waals surface area contributed by atoms with Gasteiger partial charge in [-0.05, 0) is 56.0 Å². The lowest BCUT2D eigenvalue weighted by Crippen LogP contribution is -2.31. The van der Waals surface area contributed by atoms with E-state index >= 15 is 0 Å². The minimum absolute atomic E-state index is 0. The van der Waals surface area contributed by atoms with Crippen LogP contribution in [0.2, 0.25) is 5.02 Å². The van der Waals surface area contributed by atoms with Crippen molar-refractivity contribution in [3.63, 3.8) is 0 Å². The van der Waals surface area contributed by atoms with E-state index < -0.39 is 0 Å². The normalized spacial score (nSPS) is 23.5. The van der Waals surface area contributed by atoms with Gasteiger partial charge in [0.05, 0.1) is 0 Å². The molecule has 3 nitrogen and oxygen atoms in total. The molecule has 5 heteroatoms. The van der Waals surface area contributed by atoms with Crippen LogP contribution in [0.5, 0.6) is 0 Å². The first-order chi connectivity index (χ1) is 8.70. The van der Waals surface area contributed by atoms with E-state index in [1.54, 1.807) is 6.07 Å². The SMILES string of the molecule is Cl.O=C(Nc1cccc(Cl)c1)C1CC12CCNCC2. The summed E-state index contributed by atoms with van der Waals surface area (Å²) in [5.41, 5.74) is 1.08. The predicted molar refractivity (Wildman–Crippen MR) is 80.0 cm³/mol. The molecular formula is C14H18Cl2N2O. The van der Waals surface area contributed by atoms with Crippen LogP contribution in [0.1, 0.15) is 19.3 Å². The van der Waals surface area contributed by atoms with Crippen LogP contribution in [0.4, 0.5) is 5.69 Å². The molecule has 1 spiro atoms. The summed E-state index contributed by atoms with van der Waals surface area (Å²) in [7, 11) is 0. The summed E-state index contributed by atoms with van der Waals surface area (Å²) in [5.74, 6) is 0.345. The number of halogens is 2. The summed E-state index contributed by atoms with van der Waals surface area (Å²) in [4.78, 5) is 12.2. The molecule has 1 aliphatic carbocycles. The number of rotatable bonds is 2. The molecule has 1 unspecified atom stereocenters. The van der Waals surface area contributed by atoms with Gasteiger partial charge in [0, 0.05) is 16.6 Å². The second-order valence-electron chi connectivity index (χ2n) is 5.37. The number of benzene rings is 1. The van der Waals surface area contributed by atoms with E-state index in [9.17, 15) is 4.79 Å². The van der Waals surface area contributed by atoms with Crippen LogP contribution in [0.15, 0.2) is 24.3 Å². The number of hydrogen-bond donors (Lipinski definition) is 2. The monoisotopic (exact) mass is 300 g/mol. The van der Waals surface area contributed by atoms with Crippen molar-refractivity contribution in [3.8, 4) is 0 Å². The molecule has 1 saturated carbocycles. The highest BCUT2D eigenvalue weighted by Gasteiger charge is 2.57. The molecular weight excluding hydrogens is 283 g/mol. The Hall–Kier alpha value is -0.770. The Morgan fingerprint density at radius 2 is 2.11 bits per heavy atom. The number of carbonyl (C=O) groups excluding carboxylic acids is 1. The van der Waals surface area contributed by atoms with Gasteiger partial charge in [0.2, 0.25) is 5.91 Å². The standard InChI is InChI=1S/C14H17ClN2O.ClH/c15-10-2-1-3-11(8-10)17-13(18)12-9-14(12)4-6-16-7-5-14;/h1-3,8,12,16H,4-7,9H2,(H,17,18);1H. The van der Waals surface area contributed by atoms with Gasteiger partial charge >= 0.3 is 0 Å². The van der Waals surface area contributed by atoms with E-state index in [0.29, 0.717) is 5.02 Å². The third-order valence-corrected chi connectivity index (χ3v) is 4.43. The highest BCUT2D eigenvalue weighted by atomic mass is 35.5. The Labute approximate surface area is 124 Å². The van der Waals surface area contributed by atoms with Gasteiger partial charge in [-0.1, -0.05) is 17.7 Å². The van der Waals surface area contributed by atoms with Gasteiger partial charge in [0.25, 0.3) is 0 Å². The van der Waals surface area contributed by atoms with Gasteiger partial charge in [-0.15, -0.1) is 12.4 Å². The Kier molecular flexibility index (Phi) is 4.39. The fourth-order valence-corrected chi connectivity index (χ4v) is 3.18. The summed E-state index contributed by atoms with van der Waals surface area (Å²) in [5, 5.41) is 6.97. The maximum Gasteiger partial charge on any atom is 0.228 e. The maximum absolute atomic E-state index is 12.2. The lowest BCUT2D eigenvalue weighted by molar-refractivity contribution is -0.118. The first-order valence-electron chi connectivity index (χ1n) is 6.47. The van der Waals surface area contributed by atoms with Gasteiger partial charge < -0.3 is 10.6 Å². The Morgan fingerprint density at radius 1 is 1.37 bits per heavy atom. The number of piperidine rings is 1. The van der Waals surface area contributed by atoms with E-state index in [4.69, 9.17) is 11.6 Å². The number of amides is 1. The lowest BCUT2D eigenvalue weighted by atomic mass is 9.92. The van der Waals surface area contributed by atoms with Gasteiger partial charge in [-0.25, -0.2) is 0 Å². The Morgan fingerprint density at radius 3 is 2.79 bits per heavy atom. The first kappa shape index (κ1) is 14.6. The summed E-state index contributed by atoms with van der Waals surface area (Å²) >= 11 is 5.91. The molecule has 1 amide bonds. The van der Waals surface area contributed by atoms with Gasteiger partial charge in [-0.2, -0.15) is 0 Å². The van der Waals surface area contributed by atoms with Gasteiger partial charge in [0.1, 0.15) is 0 Å². The predicted octanol–water partition coefficient (Wildman–Crippen LogP) is 3.09. The molecule has 2 aliphatic rings. The van der Waals surface area contributed by atoms with Crippen LogP contribution in [0.25, 0.3) is 0 Å². The second-order valence-corrected chi connectivity index (χ2v) is 5.81. The molecule has 0 radical (unpaired) electrons. The molecule has 1 aliphatic heterocycles. The molecule has 19 heavy (non-hydrogen) atoms. The van der Waals surface area contributed by atoms with Crippen LogP contribution in [-0.4, -0.2) is 19.0 Å². The second kappa shape index (κ2) is 5.70. The van der Waals surface area contributed by atoms with Gasteiger partial charge in [-0.3, -0.25) is 4.79 Å². The highest BCUT2D eigenvalue weighted by molar-refractivity contribution is 6.30. The van der Waals surface area contributed by atoms with Gasteiger partial charge in [0.15, 0.2) is 0 Å². The summed E-state index contributed by atoms with van der Waals surface area (Å²) in [6, 6.07) is 7.33. The molecule has 3 rings (SSSR count). The highest BCUT2D eigenvalue weighted by Crippen LogP contribution is 2.58. The average molecular weight is 301 g/mol. The summed E-state index contributed by atoms with van der Waals surface area (Å²) in [6.07, 6.45) is 3.29. The van der Waals surface area contributed by atoms with E-state index in [2.05, 4.69) is 10.6 Å². The third kappa shape index (κ3) is 3.04. The molecule has 0 aromatic heterocycles. The number of nitrogens with one attached hydrogen (secondary N) is 2. The van der Waals surface area contributed by atoms with Crippen molar-refractivity contribution < 1.29 is 4.79 Å². The smallest absolute Gasteiger partial charge is 0.228 e. The van der Waals surface area contributed by atoms with Crippen molar-refractivity contribution in [1.29, 1.82) is 0 Å². The zero-order valence-corrected chi connectivity index (χ0v) is 12.2. The largest absolute Gasteiger partial charge is 0.326 e. The van der Waals surface area contributed by atoms with E-state index in [1.807, 2.05) is 18.2 Å². The fourth-order valence-electron chi connectivity index (χ4n) is 2.99. The Balaban J connectivity index is 0.00000133. The van der Waals surface area contributed by atoms with E-state index in [-0.39, 0.29) is 29.6 Å². The lowest BCUT2D eigenvalue weighted by Gasteiger charge is -2.23. The van der Waals surface area contributed by atoms with Crippen molar-refractivity contribution in [1.82, 2.24) is 5.32 Å². The number of hydrogen-bond acceptors (Lipinski definition) is 2. The maximum atomic E-state index is 12.2. The van der Waals surface area contributed by atoms with Crippen LogP contribution >= 0.6 is 24.0 Å². The zero-order chi connectivity index (χ0) is 12.6.